The summed E-state index contributed by atoms with van der Waals surface area (Å²) >= 11 is 1.42. The van der Waals surface area contributed by atoms with Gasteiger partial charge in [0.05, 0.1) is 12.2 Å². The van der Waals surface area contributed by atoms with Crippen molar-refractivity contribution in [3.63, 3.8) is 0 Å². The van der Waals surface area contributed by atoms with Gasteiger partial charge in [0.2, 0.25) is 0 Å². The average molecular weight is 378 g/mol. The molecular weight excluding hydrogens is 364 g/mol. The van der Waals surface area contributed by atoms with Crippen LogP contribution in [-0.4, -0.2) is 38.9 Å². The number of pyridine rings is 1. The van der Waals surface area contributed by atoms with Crippen LogP contribution in [0.4, 0.5) is 0 Å². The number of hydrogen-bond acceptors (Lipinski definition) is 7. The van der Waals surface area contributed by atoms with E-state index in [2.05, 4.69) is 25.3 Å². The largest absolute Gasteiger partial charge is 0.446 e. The van der Waals surface area contributed by atoms with Gasteiger partial charge in [-0.3, -0.25) is 0 Å². The van der Waals surface area contributed by atoms with Crippen LogP contribution >= 0.6 is 11.8 Å². The van der Waals surface area contributed by atoms with Crippen LogP contribution in [-0.2, 0) is 13.6 Å². The molecule has 0 radical (unpaired) electrons. The van der Waals surface area contributed by atoms with Crippen molar-refractivity contribution in [3.05, 3.63) is 61.1 Å². The fourth-order valence-corrected chi connectivity index (χ4v) is 3.53. The number of imidazole rings is 1. The second-order valence-corrected chi connectivity index (χ2v) is 6.84. The van der Waals surface area contributed by atoms with Gasteiger partial charge >= 0.3 is 0 Å². The standard InChI is InChI=1S/C17H14N8OS/c1-23-11-20-22-17(23)27-15-6-5-13(26-15)16-18-7-8-24(16)9-12-3-2-4-14-19-10-21-25(12)14/h2-8,10-11H,9H2,1H3. The topological polar surface area (TPSA) is 91.9 Å². The zero-order chi connectivity index (χ0) is 18.2. The second-order valence-electron chi connectivity index (χ2n) is 5.87. The van der Waals surface area contributed by atoms with Gasteiger partial charge in [-0.25, -0.2) is 14.5 Å². The van der Waals surface area contributed by atoms with E-state index in [1.54, 1.807) is 18.9 Å². The molecule has 0 aliphatic rings. The number of fused-ring (bicyclic) bond motifs is 1. The highest BCUT2D eigenvalue weighted by molar-refractivity contribution is 7.99. The van der Waals surface area contributed by atoms with Crippen LogP contribution in [0.1, 0.15) is 5.69 Å². The molecule has 0 atom stereocenters. The lowest BCUT2D eigenvalue weighted by atomic mass is 10.3. The van der Waals surface area contributed by atoms with E-state index < -0.39 is 0 Å². The Kier molecular flexibility index (Phi) is 3.75. The molecule has 0 N–H and O–H groups in total. The molecule has 0 bridgehead atoms. The third-order valence-electron chi connectivity index (χ3n) is 4.09. The molecule has 0 aliphatic heterocycles. The van der Waals surface area contributed by atoms with Crippen molar-refractivity contribution in [2.75, 3.05) is 0 Å². The summed E-state index contributed by atoms with van der Waals surface area (Å²) in [4.78, 5) is 8.69. The van der Waals surface area contributed by atoms with E-state index in [1.165, 1.54) is 11.8 Å². The van der Waals surface area contributed by atoms with Crippen LogP contribution in [0, 0.1) is 0 Å². The van der Waals surface area contributed by atoms with Crippen LogP contribution in [0.5, 0.6) is 0 Å². The number of aromatic nitrogens is 8. The summed E-state index contributed by atoms with van der Waals surface area (Å²) in [5.41, 5.74) is 1.82. The molecule has 0 spiro atoms. The second kappa shape index (κ2) is 6.40. The van der Waals surface area contributed by atoms with Gasteiger partial charge in [0.1, 0.15) is 12.7 Å². The molecular formula is C17H14N8OS. The van der Waals surface area contributed by atoms with Gasteiger partial charge < -0.3 is 13.6 Å². The minimum absolute atomic E-state index is 0.600. The van der Waals surface area contributed by atoms with Crippen LogP contribution in [0.3, 0.4) is 0 Å². The maximum absolute atomic E-state index is 5.97. The number of hydrogen-bond donors (Lipinski definition) is 0. The van der Waals surface area contributed by atoms with Crippen molar-refractivity contribution < 1.29 is 4.42 Å². The van der Waals surface area contributed by atoms with Crippen LogP contribution in [0.25, 0.3) is 17.2 Å². The molecule has 0 aromatic carbocycles. The first-order valence-corrected chi connectivity index (χ1v) is 9.00. The van der Waals surface area contributed by atoms with Crippen molar-refractivity contribution in [2.45, 2.75) is 16.8 Å². The Hall–Kier alpha value is -3.40. The Labute approximate surface area is 157 Å². The molecule has 5 rings (SSSR count). The number of rotatable bonds is 5. The Morgan fingerprint density at radius 1 is 1.15 bits per heavy atom. The summed E-state index contributed by atoms with van der Waals surface area (Å²) < 4.78 is 11.7. The van der Waals surface area contributed by atoms with E-state index in [9.17, 15) is 0 Å². The Morgan fingerprint density at radius 3 is 3.00 bits per heavy atom. The van der Waals surface area contributed by atoms with Crippen molar-refractivity contribution in [3.8, 4) is 11.6 Å². The van der Waals surface area contributed by atoms with Gasteiger partial charge in [0.15, 0.2) is 27.5 Å². The van der Waals surface area contributed by atoms with Crippen LogP contribution in [0.15, 0.2) is 70.0 Å². The molecule has 5 aromatic heterocycles. The first kappa shape index (κ1) is 15.8. The van der Waals surface area contributed by atoms with E-state index in [0.29, 0.717) is 12.3 Å². The number of furan rings is 1. The molecule has 0 aliphatic carbocycles. The van der Waals surface area contributed by atoms with Crippen molar-refractivity contribution in [1.82, 2.24) is 38.9 Å². The molecule has 9 nitrogen and oxygen atoms in total. The molecule has 5 aromatic rings. The summed E-state index contributed by atoms with van der Waals surface area (Å²) in [6.45, 7) is 0.600. The van der Waals surface area contributed by atoms with Gasteiger partial charge in [-0.15, -0.1) is 10.2 Å². The van der Waals surface area contributed by atoms with Crippen molar-refractivity contribution >= 4 is 17.4 Å². The van der Waals surface area contributed by atoms with E-state index >= 15 is 0 Å². The molecule has 5 heterocycles. The van der Waals surface area contributed by atoms with E-state index in [1.807, 2.05) is 57.2 Å². The molecule has 27 heavy (non-hydrogen) atoms. The predicted octanol–water partition coefficient (Wildman–Crippen LogP) is 2.51. The molecule has 0 fully saturated rings. The minimum atomic E-state index is 0.600. The quantitative estimate of drug-likeness (QED) is 0.464. The Balaban J connectivity index is 1.44. The third-order valence-corrected chi connectivity index (χ3v) is 5.06. The summed E-state index contributed by atoms with van der Waals surface area (Å²) in [7, 11) is 1.89. The molecule has 10 heteroatoms. The molecule has 134 valence electrons. The maximum Gasteiger partial charge on any atom is 0.198 e. The minimum Gasteiger partial charge on any atom is -0.446 e. The third kappa shape index (κ3) is 2.89. The molecule has 0 saturated carbocycles. The Bertz CT molecular complexity index is 1220. The number of aryl methyl sites for hydroxylation is 1. The van der Waals surface area contributed by atoms with Gasteiger partial charge in [0.25, 0.3) is 0 Å². The normalized spacial score (nSPS) is 11.4. The van der Waals surface area contributed by atoms with E-state index in [4.69, 9.17) is 4.42 Å². The highest BCUT2D eigenvalue weighted by Crippen LogP contribution is 2.31. The molecule has 0 amide bonds. The molecule has 0 saturated heterocycles. The average Bonchev–Trinajstić information content (AvgIpc) is 3.44. The summed E-state index contributed by atoms with van der Waals surface area (Å²) in [6, 6.07) is 9.73. The summed E-state index contributed by atoms with van der Waals surface area (Å²) in [6.07, 6.45) is 6.89. The predicted molar refractivity (Wildman–Crippen MR) is 97.1 cm³/mol. The van der Waals surface area contributed by atoms with Crippen molar-refractivity contribution in [2.24, 2.45) is 7.05 Å². The molecule has 0 unspecified atom stereocenters. The highest BCUT2D eigenvalue weighted by atomic mass is 32.2. The highest BCUT2D eigenvalue weighted by Gasteiger charge is 2.14. The number of nitrogens with zero attached hydrogens (tertiary/aromatic N) is 8. The van der Waals surface area contributed by atoms with Crippen molar-refractivity contribution in [1.29, 1.82) is 0 Å². The van der Waals surface area contributed by atoms with E-state index in [-0.39, 0.29) is 0 Å². The summed E-state index contributed by atoms with van der Waals surface area (Å²) in [5.74, 6) is 1.44. The lowest BCUT2D eigenvalue weighted by Crippen LogP contribution is -2.06. The smallest absolute Gasteiger partial charge is 0.198 e. The van der Waals surface area contributed by atoms with Crippen LogP contribution in [0.2, 0.25) is 0 Å². The van der Waals surface area contributed by atoms with Crippen LogP contribution < -0.4 is 0 Å². The maximum atomic E-state index is 5.97. The van der Waals surface area contributed by atoms with Gasteiger partial charge in [0, 0.05) is 19.4 Å². The zero-order valence-corrected chi connectivity index (χ0v) is 15.1. The van der Waals surface area contributed by atoms with Gasteiger partial charge in [-0.2, -0.15) is 5.10 Å². The zero-order valence-electron chi connectivity index (χ0n) is 14.3. The SMILES string of the molecule is Cn1cnnc1Sc1ccc(-c2nccn2Cc2cccc3ncnn23)o1. The monoisotopic (exact) mass is 378 g/mol. The van der Waals surface area contributed by atoms with Gasteiger partial charge in [-0.1, -0.05) is 6.07 Å². The van der Waals surface area contributed by atoms with Gasteiger partial charge in [-0.05, 0) is 36.0 Å². The first-order valence-electron chi connectivity index (χ1n) is 8.19. The van der Waals surface area contributed by atoms with E-state index in [0.717, 1.165) is 27.4 Å². The summed E-state index contributed by atoms with van der Waals surface area (Å²) in [5, 5.41) is 13.7. The fraction of sp³-hybridized carbons (Fsp3) is 0.118. The fourth-order valence-electron chi connectivity index (χ4n) is 2.81. The lowest BCUT2D eigenvalue weighted by molar-refractivity contribution is 0.480. The Morgan fingerprint density at radius 2 is 2.11 bits per heavy atom. The lowest BCUT2D eigenvalue weighted by Gasteiger charge is -2.07. The first-order chi connectivity index (χ1) is 13.3.